The van der Waals surface area contributed by atoms with Crippen LogP contribution in [0.3, 0.4) is 0 Å². The summed E-state index contributed by atoms with van der Waals surface area (Å²) in [5.41, 5.74) is 5.23. The van der Waals surface area contributed by atoms with E-state index in [1.165, 1.54) is 6.08 Å². The Bertz CT molecular complexity index is 1550. The zero-order valence-corrected chi connectivity index (χ0v) is 21.4. The summed E-state index contributed by atoms with van der Waals surface area (Å²) in [6.45, 7) is 5.98. The highest BCUT2D eigenvalue weighted by Gasteiger charge is 2.32. The Kier molecular flexibility index (Phi) is 6.54. The summed E-state index contributed by atoms with van der Waals surface area (Å²) < 4.78 is 1.94. The lowest BCUT2D eigenvalue weighted by atomic mass is 9.98. The molecule has 1 amide bonds. The van der Waals surface area contributed by atoms with Crippen LogP contribution in [-0.2, 0) is 9.59 Å². The molecule has 2 N–H and O–H groups in total. The van der Waals surface area contributed by atoms with Gasteiger partial charge in [-0.3, -0.25) is 19.1 Å². The Balaban J connectivity index is 1.49. The maximum absolute atomic E-state index is 12.3. The quantitative estimate of drug-likeness (QED) is 0.343. The minimum absolute atomic E-state index is 0.189. The van der Waals surface area contributed by atoms with E-state index in [9.17, 15) is 14.7 Å². The minimum atomic E-state index is -0.951. The maximum atomic E-state index is 12.3. The van der Waals surface area contributed by atoms with Crippen LogP contribution in [0.1, 0.15) is 51.2 Å². The lowest BCUT2D eigenvalue weighted by Gasteiger charge is -2.11. The number of rotatable bonds is 6. The fourth-order valence-electron chi connectivity index (χ4n) is 4.32. The number of hydrogen-bond donors (Lipinski definition) is 2. The first-order valence-electron chi connectivity index (χ1n) is 11.8. The number of carboxylic acids is 1. The predicted molar refractivity (Wildman–Crippen MR) is 145 cm³/mol. The molecule has 2 aromatic carbocycles. The average Bonchev–Trinajstić information content (AvgIpc) is 3.35. The van der Waals surface area contributed by atoms with E-state index in [1.807, 2.05) is 66.1 Å². The molecular weight excluding hydrogens is 486 g/mol. The Labute approximate surface area is 218 Å². The fraction of sp³-hybridized carbons (Fsp3) is 0.179. The monoisotopic (exact) mass is 511 g/mol. The highest BCUT2D eigenvalue weighted by Crippen LogP contribution is 2.39. The fourth-order valence-corrected chi connectivity index (χ4v) is 5.53. The molecule has 0 aliphatic carbocycles. The van der Waals surface area contributed by atoms with Crippen LogP contribution in [0.2, 0.25) is 0 Å². The minimum Gasteiger partial charge on any atom is -0.481 e. The van der Waals surface area contributed by atoms with Gasteiger partial charge in [-0.2, -0.15) is 0 Å². The van der Waals surface area contributed by atoms with Crippen molar-refractivity contribution >= 4 is 40.7 Å². The average molecular weight is 512 g/mol. The van der Waals surface area contributed by atoms with Crippen LogP contribution in [0.25, 0.3) is 11.1 Å². The zero-order chi connectivity index (χ0) is 26.1. The number of nitrogens with one attached hydrogen (secondary N) is 1. The summed E-state index contributed by atoms with van der Waals surface area (Å²) in [6, 6.07) is 16.3. The van der Waals surface area contributed by atoms with E-state index < -0.39 is 12.0 Å². The van der Waals surface area contributed by atoms with Crippen LogP contribution in [0.4, 0.5) is 5.69 Å². The molecule has 0 spiro atoms. The van der Waals surface area contributed by atoms with Crippen molar-refractivity contribution in [3.05, 3.63) is 99.5 Å². The number of nitrogens with zero attached hydrogens (tertiary/aromatic N) is 4. The Morgan fingerprint density at radius 2 is 1.78 bits per heavy atom. The Morgan fingerprint density at radius 3 is 2.49 bits per heavy atom. The molecule has 4 aromatic rings. The molecule has 3 heterocycles. The van der Waals surface area contributed by atoms with Crippen molar-refractivity contribution in [2.75, 3.05) is 5.32 Å². The highest BCUT2D eigenvalue weighted by atomic mass is 32.1. The molecule has 8 nitrogen and oxygen atoms in total. The Hall–Kier alpha value is -4.37. The van der Waals surface area contributed by atoms with E-state index in [1.54, 1.807) is 17.4 Å². The van der Waals surface area contributed by atoms with E-state index in [4.69, 9.17) is 4.99 Å². The standard InChI is InChI=1S/C28H25N5O3S/c1-16-17(2)37-28-25(16)26(30-22(15-24(35)36)27-32-31-18(3)33(27)28)20-12-9-19(10-13-20)11-14-23(34)29-21-7-5-4-6-8-21/h4-14,22H,15H2,1-3H3,(H,29,34)(H,35,36)/b14-11+/t22-/m0/s1. The lowest BCUT2D eigenvalue weighted by molar-refractivity contribution is -0.137. The van der Waals surface area contributed by atoms with Gasteiger partial charge < -0.3 is 10.4 Å². The first-order chi connectivity index (χ1) is 17.8. The molecule has 9 heteroatoms. The number of hydrogen-bond acceptors (Lipinski definition) is 6. The number of aryl methyl sites for hydroxylation is 2. The molecule has 1 atom stereocenters. The third-order valence-corrected chi connectivity index (χ3v) is 7.45. The molecule has 37 heavy (non-hydrogen) atoms. The molecule has 1 aliphatic heterocycles. The van der Waals surface area contributed by atoms with Gasteiger partial charge in [0.15, 0.2) is 5.82 Å². The van der Waals surface area contributed by atoms with Crippen LogP contribution < -0.4 is 5.32 Å². The number of carbonyl (C=O) groups excluding carboxylic acids is 1. The molecule has 0 radical (unpaired) electrons. The molecule has 1 aliphatic rings. The first kappa shape index (κ1) is 24.3. The molecule has 5 rings (SSSR count). The van der Waals surface area contributed by atoms with Crippen molar-refractivity contribution in [1.29, 1.82) is 0 Å². The molecule has 186 valence electrons. The van der Waals surface area contributed by atoms with E-state index in [-0.39, 0.29) is 12.3 Å². The zero-order valence-electron chi connectivity index (χ0n) is 20.6. The number of anilines is 1. The summed E-state index contributed by atoms with van der Waals surface area (Å²) in [4.78, 5) is 30.1. The number of para-hydroxylation sites is 1. The molecule has 0 bridgehead atoms. The molecule has 2 aromatic heterocycles. The second-order valence-corrected chi connectivity index (χ2v) is 10.0. The normalized spacial score (nSPS) is 14.6. The SMILES string of the molecule is Cc1sc2c(c1C)C(c1ccc(/C=C/C(=O)Nc3ccccc3)cc1)=N[C@@H](CC(=O)O)c1nnc(C)n1-2. The van der Waals surface area contributed by atoms with Gasteiger partial charge in [0.25, 0.3) is 0 Å². The van der Waals surface area contributed by atoms with Gasteiger partial charge in [0.2, 0.25) is 5.91 Å². The summed E-state index contributed by atoms with van der Waals surface area (Å²) >= 11 is 1.63. The van der Waals surface area contributed by atoms with Crippen LogP contribution >= 0.6 is 11.3 Å². The molecule has 0 saturated carbocycles. The second kappa shape index (κ2) is 9.94. The summed E-state index contributed by atoms with van der Waals surface area (Å²) in [5, 5.41) is 21.9. The van der Waals surface area contributed by atoms with E-state index in [2.05, 4.69) is 29.4 Å². The van der Waals surface area contributed by atoms with Gasteiger partial charge in [-0.15, -0.1) is 21.5 Å². The van der Waals surface area contributed by atoms with Crippen LogP contribution in [0, 0.1) is 20.8 Å². The van der Waals surface area contributed by atoms with Crippen molar-refractivity contribution in [3.8, 4) is 5.00 Å². The number of benzene rings is 2. The summed E-state index contributed by atoms with van der Waals surface area (Å²) in [7, 11) is 0. The lowest BCUT2D eigenvalue weighted by Crippen LogP contribution is -2.10. The van der Waals surface area contributed by atoms with Gasteiger partial charge in [-0.1, -0.05) is 42.5 Å². The number of aliphatic imine (C=N–C) groups is 1. The van der Waals surface area contributed by atoms with Gasteiger partial charge in [0.1, 0.15) is 16.9 Å². The largest absolute Gasteiger partial charge is 0.481 e. The molecular formula is C28H25N5O3S. The molecule has 0 saturated heterocycles. The van der Waals surface area contributed by atoms with Crippen molar-refractivity contribution in [2.45, 2.75) is 33.2 Å². The van der Waals surface area contributed by atoms with Gasteiger partial charge in [-0.25, -0.2) is 0 Å². The predicted octanol–water partition coefficient (Wildman–Crippen LogP) is 5.27. The number of thiophene rings is 1. The van der Waals surface area contributed by atoms with Crippen LogP contribution in [-0.4, -0.2) is 37.5 Å². The number of aromatic nitrogens is 3. The van der Waals surface area contributed by atoms with Crippen molar-refractivity contribution in [2.24, 2.45) is 4.99 Å². The summed E-state index contributed by atoms with van der Waals surface area (Å²) in [6.07, 6.45) is 3.06. The number of aliphatic carboxylic acids is 1. The highest BCUT2D eigenvalue weighted by molar-refractivity contribution is 7.15. The van der Waals surface area contributed by atoms with Gasteiger partial charge in [-0.05, 0) is 50.1 Å². The van der Waals surface area contributed by atoms with E-state index >= 15 is 0 Å². The molecule has 0 unspecified atom stereocenters. The van der Waals surface area contributed by atoms with Crippen molar-refractivity contribution < 1.29 is 14.7 Å². The van der Waals surface area contributed by atoms with Crippen molar-refractivity contribution in [1.82, 2.24) is 14.8 Å². The third-order valence-electron chi connectivity index (χ3n) is 6.26. The summed E-state index contributed by atoms with van der Waals surface area (Å²) in [5.74, 6) is 0.0556. The number of amides is 1. The second-order valence-electron chi connectivity index (χ2n) is 8.81. The van der Waals surface area contributed by atoms with Crippen LogP contribution in [0.15, 0.2) is 65.7 Å². The smallest absolute Gasteiger partial charge is 0.306 e. The number of carboxylic acid groups (broad SMARTS) is 1. The van der Waals surface area contributed by atoms with Gasteiger partial charge in [0.05, 0.1) is 12.1 Å². The third kappa shape index (κ3) is 4.85. The van der Waals surface area contributed by atoms with Crippen LogP contribution in [0.5, 0.6) is 0 Å². The Morgan fingerprint density at radius 1 is 1.05 bits per heavy atom. The molecule has 0 fully saturated rings. The first-order valence-corrected chi connectivity index (χ1v) is 12.6. The maximum Gasteiger partial charge on any atom is 0.306 e. The van der Waals surface area contributed by atoms with Gasteiger partial charge in [0, 0.05) is 27.8 Å². The number of fused-ring (bicyclic) bond motifs is 3. The topological polar surface area (TPSA) is 109 Å². The number of carbonyl (C=O) groups is 2. The van der Waals surface area contributed by atoms with Crippen molar-refractivity contribution in [3.63, 3.8) is 0 Å². The van der Waals surface area contributed by atoms with E-state index in [0.29, 0.717) is 11.6 Å². The van der Waals surface area contributed by atoms with Gasteiger partial charge >= 0.3 is 5.97 Å². The van der Waals surface area contributed by atoms with E-state index in [0.717, 1.165) is 43.5 Å².